The summed E-state index contributed by atoms with van der Waals surface area (Å²) in [7, 11) is 0. The monoisotopic (exact) mass is 865 g/mol. The predicted octanol–water partition coefficient (Wildman–Crippen LogP) is 13.3. The molecule has 0 fully saturated rings. The van der Waals surface area contributed by atoms with Gasteiger partial charge < -0.3 is 9.52 Å². The van der Waals surface area contributed by atoms with Gasteiger partial charge in [-0.05, 0) is 78.3 Å². The minimum Gasteiger partial charge on any atom is -0.512 e. The Balaban J connectivity index is 0.000000269. The molecule has 0 atom stereocenters. The van der Waals surface area contributed by atoms with E-state index in [4.69, 9.17) is 9.40 Å². The van der Waals surface area contributed by atoms with E-state index in [0.717, 1.165) is 64.6 Å². The van der Waals surface area contributed by atoms with Gasteiger partial charge in [0.25, 0.3) is 0 Å². The third kappa shape index (κ3) is 7.99. The van der Waals surface area contributed by atoms with Crippen LogP contribution in [-0.2, 0) is 30.3 Å². The number of aromatic nitrogens is 1. The first-order valence-corrected chi connectivity index (χ1v) is 18.4. The molecule has 0 saturated carbocycles. The molecule has 0 amide bonds. The summed E-state index contributed by atoms with van der Waals surface area (Å²) in [5.41, 5.74) is 4.37. The summed E-state index contributed by atoms with van der Waals surface area (Å²) in [4.78, 5) is 16.9. The van der Waals surface area contributed by atoms with Crippen LogP contribution in [0.25, 0.3) is 54.4 Å². The molecule has 6 heteroatoms. The Morgan fingerprint density at radius 2 is 1.54 bits per heavy atom. The van der Waals surface area contributed by atoms with Crippen molar-refractivity contribution >= 4 is 48.9 Å². The van der Waals surface area contributed by atoms with Crippen molar-refractivity contribution in [1.82, 2.24) is 4.98 Å². The Labute approximate surface area is 315 Å². The molecule has 3 aromatic heterocycles. The summed E-state index contributed by atoms with van der Waals surface area (Å²) in [5, 5.41) is 16.9. The van der Waals surface area contributed by atoms with Crippen molar-refractivity contribution < 1.29 is 34.4 Å². The number of nitrogens with zero attached hydrogens (tertiary/aromatic N) is 1. The number of aliphatic hydroxyl groups is 1. The molecule has 1 radical (unpaired) electrons. The van der Waals surface area contributed by atoms with E-state index in [1.54, 1.807) is 11.3 Å². The van der Waals surface area contributed by atoms with E-state index < -0.39 is 0 Å². The molecule has 50 heavy (non-hydrogen) atoms. The van der Waals surface area contributed by atoms with Crippen LogP contribution in [0, 0.1) is 16.9 Å². The maximum Gasteiger partial charge on any atom is 0.164 e. The van der Waals surface area contributed by atoms with Gasteiger partial charge in [0.1, 0.15) is 17.1 Å². The number of hydrogen-bond donors (Lipinski definition) is 1. The Hall–Kier alpha value is -3.57. The largest absolute Gasteiger partial charge is 0.512 e. The number of thiophene rings is 1. The van der Waals surface area contributed by atoms with E-state index in [1.165, 1.54) is 27.1 Å². The van der Waals surface area contributed by atoms with E-state index in [-0.39, 0.29) is 47.9 Å². The van der Waals surface area contributed by atoms with Gasteiger partial charge in [0, 0.05) is 64.6 Å². The number of fused-ring (bicyclic) bond motifs is 3. The maximum atomic E-state index is 12.2. The number of allylic oxidation sites excluding steroid dienone is 2. The number of benzene rings is 3. The van der Waals surface area contributed by atoms with Crippen molar-refractivity contribution in [1.29, 1.82) is 0 Å². The minimum absolute atomic E-state index is 0. The molecule has 0 aliphatic rings. The van der Waals surface area contributed by atoms with E-state index in [9.17, 15) is 9.90 Å². The molecule has 3 aromatic carbocycles. The molecule has 0 unspecified atom stereocenters. The van der Waals surface area contributed by atoms with Gasteiger partial charge in [-0.15, -0.1) is 40.5 Å². The first-order valence-electron chi connectivity index (χ1n) is 17.5. The van der Waals surface area contributed by atoms with Crippen LogP contribution >= 0.6 is 11.3 Å². The van der Waals surface area contributed by atoms with Crippen LogP contribution in [0.1, 0.15) is 93.6 Å². The molecule has 6 rings (SSSR count). The van der Waals surface area contributed by atoms with Gasteiger partial charge in [-0.1, -0.05) is 91.5 Å². The number of rotatable bonds is 9. The molecule has 6 aromatic rings. The molecule has 265 valence electrons. The van der Waals surface area contributed by atoms with Crippen LogP contribution in [-0.4, -0.2) is 15.9 Å². The number of ketones is 1. The summed E-state index contributed by atoms with van der Waals surface area (Å²) in [5.74, 6) is 1.15. The van der Waals surface area contributed by atoms with Crippen LogP contribution < -0.4 is 0 Å². The molecule has 1 N–H and O–H groups in total. The van der Waals surface area contributed by atoms with Crippen molar-refractivity contribution in [3.05, 3.63) is 102 Å². The zero-order chi connectivity index (χ0) is 35.6. The molecule has 0 spiro atoms. The van der Waals surface area contributed by atoms with Gasteiger partial charge in [0.15, 0.2) is 5.78 Å². The summed E-state index contributed by atoms with van der Waals surface area (Å²) >= 11 is 1.76. The molecule has 0 saturated heterocycles. The van der Waals surface area contributed by atoms with Gasteiger partial charge >= 0.3 is 0 Å². The van der Waals surface area contributed by atoms with Crippen LogP contribution in [0.5, 0.6) is 0 Å². The average molecular weight is 865 g/mol. The zero-order valence-electron chi connectivity index (χ0n) is 30.9. The molecular formula is C44H50IrNO3S-. The van der Waals surface area contributed by atoms with Gasteiger partial charge in [-0.2, -0.15) is 0 Å². The Kier molecular flexibility index (Phi) is 12.4. The van der Waals surface area contributed by atoms with Crippen molar-refractivity contribution in [3.63, 3.8) is 0 Å². The normalized spacial score (nSPS) is 12.5. The van der Waals surface area contributed by atoms with Crippen molar-refractivity contribution in [2.75, 3.05) is 0 Å². The second-order valence-electron chi connectivity index (χ2n) is 14.7. The third-order valence-electron chi connectivity index (χ3n) is 10.6. The Morgan fingerprint density at radius 1 is 0.860 bits per heavy atom. The Morgan fingerprint density at radius 3 is 2.20 bits per heavy atom. The fourth-order valence-electron chi connectivity index (χ4n) is 6.08. The SMILES string of the molecule is CC(C)(C)c1cc(-c2nccc3cc(-c4ccc5sccc5c4)oc23)[c-]c2ccccc12.CCC(C)(CC)C(=O)/C=C(\O)C(C)(CC)CC.[Ir]. The number of hydrogen-bond acceptors (Lipinski definition) is 5. The quantitative estimate of drug-likeness (QED) is 0.0893. The smallest absolute Gasteiger partial charge is 0.164 e. The number of carbonyl (C=O) groups excluding carboxylic acids is 1. The Bertz CT molecular complexity index is 2120. The molecule has 0 aliphatic heterocycles. The molecule has 3 heterocycles. The second kappa shape index (κ2) is 15.8. The average Bonchev–Trinajstić information content (AvgIpc) is 3.77. The molecule has 0 aliphatic carbocycles. The van der Waals surface area contributed by atoms with Crippen LogP contribution in [0.3, 0.4) is 0 Å². The maximum absolute atomic E-state index is 12.2. The summed E-state index contributed by atoms with van der Waals surface area (Å²) in [6.45, 7) is 18.8. The van der Waals surface area contributed by atoms with Gasteiger partial charge in [0.05, 0.1) is 0 Å². The van der Waals surface area contributed by atoms with Crippen molar-refractivity contribution in [3.8, 4) is 22.6 Å². The number of aliphatic hydroxyl groups excluding tert-OH is 1. The standard InChI is InChI=1S/C29H22NOS.C15H28O2.Ir/c1-29(2,3)24-16-22(14-18-6-4-5-7-23(18)24)27-28-21(10-12-30-27)17-25(31-28)19-8-9-26-20(15-19)11-13-32-26;1-7-14(5,8-2)12(16)11-13(17)15(6,9-3)10-4;/h4-13,15-17H,1-3H3;11,16H,7-10H2,1-6H3;/q-1;;/b;12-11-;. The van der Waals surface area contributed by atoms with Crippen molar-refractivity contribution in [2.45, 2.75) is 93.4 Å². The van der Waals surface area contributed by atoms with Gasteiger partial charge in [-0.3, -0.25) is 9.78 Å². The third-order valence-corrected chi connectivity index (χ3v) is 11.5. The number of pyridine rings is 1. The van der Waals surface area contributed by atoms with Gasteiger partial charge in [-0.25, -0.2) is 0 Å². The van der Waals surface area contributed by atoms with Crippen LogP contribution in [0.2, 0.25) is 0 Å². The van der Waals surface area contributed by atoms with E-state index in [2.05, 4.69) is 92.9 Å². The summed E-state index contributed by atoms with van der Waals surface area (Å²) in [6, 6.07) is 27.0. The number of carbonyl (C=O) groups is 1. The van der Waals surface area contributed by atoms with Gasteiger partial charge in [0.2, 0.25) is 0 Å². The fourth-order valence-corrected chi connectivity index (χ4v) is 6.85. The zero-order valence-corrected chi connectivity index (χ0v) is 34.1. The second-order valence-corrected chi connectivity index (χ2v) is 15.6. The van der Waals surface area contributed by atoms with E-state index in [0.29, 0.717) is 0 Å². The van der Waals surface area contributed by atoms with E-state index in [1.807, 2.05) is 53.8 Å². The number of furan rings is 1. The van der Waals surface area contributed by atoms with E-state index >= 15 is 0 Å². The minimum atomic E-state index is -0.337. The van der Waals surface area contributed by atoms with Crippen LogP contribution in [0.15, 0.2) is 94.6 Å². The predicted molar refractivity (Wildman–Crippen MR) is 208 cm³/mol. The molecule has 4 nitrogen and oxygen atoms in total. The first kappa shape index (κ1) is 39.2. The molecule has 0 bridgehead atoms. The topological polar surface area (TPSA) is 63.3 Å². The molecular weight excluding hydrogens is 815 g/mol. The first-order chi connectivity index (χ1) is 23.3. The summed E-state index contributed by atoms with van der Waals surface area (Å²) in [6.07, 6.45) is 6.61. The van der Waals surface area contributed by atoms with Crippen LogP contribution in [0.4, 0.5) is 0 Å². The fraction of sp³-hybridized carbons (Fsp3) is 0.364. The summed E-state index contributed by atoms with van der Waals surface area (Å²) < 4.78 is 7.71. The van der Waals surface area contributed by atoms with Crippen molar-refractivity contribution in [2.24, 2.45) is 10.8 Å².